The highest BCUT2D eigenvalue weighted by Gasteiger charge is 2.20. The van der Waals surface area contributed by atoms with Crippen molar-refractivity contribution in [1.29, 1.82) is 0 Å². The van der Waals surface area contributed by atoms with Gasteiger partial charge in [0, 0.05) is 26.3 Å². The Kier molecular flexibility index (Phi) is 8.46. The number of amides is 1. The predicted molar refractivity (Wildman–Crippen MR) is 57.2 cm³/mol. The van der Waals surface area contributed by atoms with E-state index >= 15 is 0 Å². The van der Waals surface area contributed by atoms with Crippen LogP contribution in [-0.2, 0) is 19.1 Å². The first-order valence-electron chi connectivity index (χ1n) is 5.31. The lowest BCUT2D eigenvalue weighted by Crippen LogP contribution is -2.40. The van der Waals surface area contributed by atoms with E-state index in [-0.39, 0.29) is 13.1 Å². The van der Waals surface area contributed by atoms with E-state index in [0.717, 1.165) is 0 Å². The third-order valence-electron chi connectivity index (χ3n) is 1.89. The lowest BCUT2D eigenvalue weighted by molar-refractivity contribution is -0.156. The van der Waals surface area contributed by atoms with Crippen molar-refractivity contribution in [2.45, 2.75) is 13.8 Å². The van der Waals surface area contributed by atoms with E-state index in [0.29, 0.717) is 26.4 Å². The minimum atomic E-state index is -1.45. The first kappa shape index (κ1) is 14.9. The molecule has 94 valence electrons. The zero-order valence-corrected chi connectivity index (χ0v) is 9.77. The molecule has 1 N–H and O–H groups in total. The number of nitrogens with zero attached hydrogens (tertiary/aromatic N) is 1. The van der Waals surface area contributed by atoms with E-state index in [1.165, 1.54) is 4.90 Å². The fourth-order valence-electron chi connectivity index (χ4n) is 1.09. The van der Waals surface area contributed by atoms with Crippen LogP contribution < -0.4 is 0 Å². The first-order chi connectivity index (χ1) is 7.63. The molecule has 0 saturated heterocycles. The average molecular weight is 233 g/mol. The van der Waals surface area contributed by atoms with Crippen LogP contribution in [0, 0.1) is 0 Å². The van der Waals surface area contributed by atoms with Crippen molar-refractivity contribution >= 4 is 11.9 Å². The molecule has 6 heteroatoms. The second kappa shape index (κ2) is 9.11. The van der Waals surface area contributed by atoms with Gasteiger partial charge in [-0.25, -0.2) is 4.79 Å². The molecule has 0 aromatic carbocycles. The summed E-state index contributed by atoms with van der Waals surface area (Å²) in [5, 5.41) is 8.59. The Hall–Kier alpha value is -1.14. The van der Waals surface area contributed by atoms with Gasteiger partial charge in [-0.3, -0.25) is 4.79 Å². The molecule has 0 aromatic rings. The summed E-state index contributed by atoms with van der Waals surface area (Å²) in [4.78, 5) is 23.0. The second-order valence-electron chi connectivity index (χ2n) is 2.99. The van der Waals surface area contributed by atoms with Gasteiger partial charge in [0.15, 0.2) is 0 Å². The normalized spacial score (nSPS) is 10.1. The SMILES string of the molecule is CCOCCN(CCOCC)C(=O)C(=O)O. The number of carbonyl (C=O) groups excluding carboxylic acids is 1. The monoisotopic (exact) mass is 233 g/mol. The van der Waals surface area contributed by atoms with Crippen molar-refractivity contribution < 1.29 is 24.2 Å². The van der Waals surface area contributed by atoms with E-state index in [1.807, 2.05) is 13.8 Å². The number of rotatable bonds is 8. The fourth-order valence-corrected chi connectivity index (χ4v) is 1.09. The molecule has 0 saturated carbocycles. The Bertz CT molecular complexity index is 209. The van der Waals surface area contributed by atoms with Crippen LogP contribution in [-0.4, -0.2) is 61.4 Å². The fraction of sp³-hybridized carbons (Fsp3) is 0.800. The lowest BCUT2D eigenvalue weighted by Gasteiger charge is -2.20. The van der Waals surface area contributed by atoms with Crippen molar-refractivity contribution in [3.8, 4) is 0 Å². The number of carbonyl (C=O) groups is 2. The van der Waals surface area contributed by atoms with E-state index < -0.39 is 11.9 Å². The highest BCUT2D eigenvalue weighted by atomic mass is 16.5. The summed E-state index contributed by atoms with van der Waals surface area (Å²) in [5.41, 5.74) is 0. The Balaban J connectivity index is 4.05. The van der Waals surface area contributed by atoms with Crippen molar-refractivity contribution in [2.24, 2.45) is 0 Å². The van der Waals surface area contributed by atoms with Crippen LogP contribution in [0.2, 0.25) is 0 Å². The molecular weight excluding hydrogens is 214 g/mol. The van der Waals surface area contributed by atoms with Crippen LogP contribution in [0.15, 0.2) is 0 Å². The van der Waals surface area contributed by atoms with Crippen molar-refractivity contribution in [1.82, 2.24) is 4.90 Å². The summed E-state index contributed by atoms with van der Waals surface area (Å²) < 4.78 is 10.1. The molecule has 16 heavy (non-hydrogen) atoms. The molecule has 0 aliphatic carbocycles. The number of carboxylic acids is 1. The summed E-state index contributed by atoms with van der Waals surface area (Å²) >= 11 is 0. The molecule has 0 aromatic heterocycles. The minimum Gasteiger partial charge on any atom is -0.474 e. The van der Waals surface area contributed by atoms with Gasteiger partial charge in [0.1, 0.15) is 0 Å². The third-order valence-corrected chi connectivity index (χ3v) is 1.89. The van der Waals surface area contributed by atoms with Gasteiger partial charge in [-0.1, -0.05) is 0 Å². The number of carboxylic acid groups (broad SMARTS) is 1. The molecule has 0 heterocycles. The smallest absolute Gasteiger partial charge is 0.394 e. The van der Waals surface area contributed by atoms with Crippen LogP contribution in [0.5, 0.6) is 0 Å². The molecule has 0 bridgehead atoms. The maximum atomic E-state index is 11.2. The Morgan fingerprint density at radius 3 is 1.81 bits per heavy atom. The number of hydrogen-bond donors (Lipinski definition) is 1. The molecule has 0 radical (unpaired) electrons. The van der Waals surface area contributed by atoms with E-state index in [4.69, 9.17) is 14.6 Å². The highest BCUT2D eigenvalue weighted by molar-refractivity contribution is 6.31. The number of hydrogen-bond acceptors (Lipinski definition) is 4. The summed E-state index contributed by atoms with van der Waals surface area (Å²) in [7, 11) is 0. The molecule has 0 fully saturated rings. The van der Waals surface area contributed by atoms with Crippen molar-refractivity contribution in [3.63, 3.8) is 0 Å². The zero-order valence-electron chi connectivity index (χ0n) is 9.77. The van der Waals surface area contributed by atoms with Gasteiger partial charge < -0.3 is 19.5 Å². The predicted octanol–water partition coefficient (Wildman–Crippen LogP) is -0.0274. The van der Waals surface area contributed by atoms with E-state index in [2.05, 4.69) is 0 Å². The summed E-state index contributed by atoms with van der Waals surface area (Å²) in [6, 6.07) is 0. The summed E-state index contributed by atoms with van der Waals surface area (Å²) in [6.07, 6.45) is 0. The Morgan fingerprint density at radius 2 is 1.50 bits per heavy atom. The van der Waals surface area contributed by atoms with Gasteiger partial charge in [-0.2, -0.15) is 0 Å². The van der Waals surface area contributed by atoms with Crippen LogP contribution in [0.1, 0.15) is 13.8 Å². The van der Waals surface area contributed by atoms with Gasteiger partial charge in [-0.15, -0.1) is 0 Å². The third kappa shape index (κ3) is 6.36. The molecule has 0 atom stereocenters. The maximum Gasteiger partial charge on any atom is 0.394 e. The van der Waals surface area contributed by atoms with Crippen LogP contribution >= 0.6 is 0 Å². The van der Waals surface area contributed by atoms with Crippen LogP contribution in [0.25, 0.3) is 0 Å². The van der Waals surface area contributed by atoms with Crippen molar-refractivity contribution in [2.75, 3.05) is 39.5 Å². The summed E-state index contributed by atoms with van der Waals surface area (Å²) in [5.74, 6) is -2.37. The van der Waals surface area contributed by atoms with Gasteiger partial charge >= 0.3 is 11.9 Å². The van der Waals surface area contributed by atoms with Gasteiger partial charge in [0.25, 0.3) is 0 Å². The number of ether oxygens (including phenoxy) is 2. The summed E-state index contributed by atoms with van der Waals surface area (Å²) in [6.45, 7) is 5.97. The lowest BCUT2D eigenvalue weighted by atomic mass is 10.4. The molecule has 0 spiro atoms. The number of aliphatic carboxylic acids is 1. The largest absolute Gasteiger partial charge is 0.474 e. The van der Waals surface area contributed by atoms with Crippen LogP contribution in [0.3, 0.4) is 0 Å². The maximum absolute atomic E-state index is 11.2. The molecular formula is C10H19NO5. The topological polar surface area (TPSA) is 76.1 Å². The first-order valence-corrected chi connectivity index (χ1v) is 5.31. The molecule has 6 nitrogen and oxygen atoms in total. The molecule has 0 rings (SSSR count). The van der Waals surface area contributed by atoms with Gasteiger partial charge in [0.05, 0.1) is 13.2 Å². The van der Waals surface area contributed by atoms with Crippen molar-refractivity contribution in [3.05, 3.63) is 0 Å². The molecule has 0 aliphatic heterocycles. The van der Waals surface area contributed by atoms with E-state index in [9.17, 15) is 9.59 Å². The van der Waals surface area contributed by atoms with Crippen LogP contribution in [0.4, 0.5) is 0 Å². The zero-order chi connectivity index (χ0) is 12.4. The molecule has 0 unspecified atom stereocenters. The molecule has 0 aliphatic rings. The quantitative estimate of drug-likeness (QED) is 0.470. The molecule has 1 amide bonds. The standard InChI is InChI=1S/C10H19NO5/c1-3-15-7-5-11(6-8-16-4-2)9(12)10(13)14/h3-8H2,1-2H3,(H,13,14). The minimum absolute atomic E-state index is 0.270. The Morgan fingerprint density at radius 1 is 1.06 bits per heavy atom. The average Bonchev–Trinajstić information content (AvgIpc) is 2.26. The van der Waals surface area contributed by atoms with Gasteiger partial charge in [-0.05, 0) is 13.8 Å². The van der Waals surface area contributed by atoms with E-state index in [1.54, 1.807) is 0 Å². The highest BCUT2D eigenvalue weighted by Crippen LogP contribution is 1.92. The second-order valence-corrected chi connectivity index (χ2v) is 2.99. The van der Waals surface area contributed by atoms with Gasteiger partial charge in [0.2, 0.25) is 0 Å². The Labute approximate surface area is 95.1 Å².